The third-order valence-electron chi connectivity index (χ3n) is 6.37. The topological polar surface area (TPSA) is 126 Å². The van der Waals surface area contributed by atoms with Crippen molar-refractivity contribution in [3.8, 4) is 6.07 Å². The number of aryl methyl sites for hydroxylation is 1. The number of fused-ring (bicyclic) bond motifs is 1. The van der Waals surface area contributed by atoms with E-state index in [2.05, 4.69) is 30.0 Å². The first-order valence-corrected chi connectivity index (χ1v) is 10.9. The van der Waals surface area contributed by atoms with Crippen LogP contribution in [-0.2, 0) is 6.18 Å². The van der Waals surface area contributed by atoms with Crippen molar-refractivity contribution in [3.63, 3.8) is 0 Å². The lowest BCUT2D eigenvalue weighted by molar-refractivity contribution is -0.141. The SMILES string of the molecule is Cc1cnc([C@@H]2CC[C@H]2c2nc3c(c(C#N)nn3[C@H](C)c3ccc(C(F)(F)F)nc3)c(=O)[nH]2)nc1. The standard InChI is InChI=1S/C23H19F3N8O/c1-11-8-29-19(30-9-11)14-4-5-15(14)20-31-21-18(22(35)32-20)16(7-27)33-34(21)12(2)13-3-6-17(28-10-13)23(24,25)26/h3,6,8-10,12,14-15H,4-5H2,1-2H3,(H,31,32,35)/t12-,14-,15-/m1/s1. The van der Waals surface area contributed by atoms with Gasteiger partial charge in [0.05, 0.1) is 6.04 Å². The van der Waals surface area contributed by atoms with Gasteiger partial charge in [0, 0.05) is 30.4 Å². The molecule has 1 fully saturated rings. The van der Waals surface area contributed by atoms with Crippen LogP contribution in [0.5, 0.6) is 0 Å². The van der Waals surface area contributed by atoms with Crippen molar-refractivity contribution in [2.24, 2.45) is 0 Å². The largest absolute Gasteiger partial charge is 0.433 e. The van der Waals surface area contributed by atoms with Gasteiger partial charge in [-0.1, -0.05) is 6.07 Å². The van der Waals surface area contributed by atoms with Gasteiger partial charge in [-0.3, -0.25) is 9.78 Å². The highest BCUT2D eigenvalue weighted by Gasteiger charge is 2.38. The van der Waals surface area contributed by atoms with E-state index in [0.29, 0.717) is 17.2 Å². The maximum absolute atomic E-state index is 13.0. The lowest BCUT2D eigenvalue weighted by Crippen LogP contribution is -2.28. The molecule has 5 rings (SSSR count). The third-order valence-corrected chi connectivity index (χ3v) is 6.37. The van der Waals surface area contributed by atoms with Crippen molar-refractivity contribution in [1.29, 1.82) is 5.26 Å². The number of nitrogens with one attached hydrogen (secondary N) is 1. The summed E-state index contributed by atoms with van der Waals surface area (Å²) in [6.07, 6.45) is 1.65. The average molecular weight is 480 g/mol. The molecule has 178 valence electrons. The van der Waals surface area contributed by atoms with E-state index in [1.807, 2.05) is 13.0 Å². The zero-order valence-electron chi connectivity index (χ0n) is 18.7. The lowest BCUT2D eigenvalue weighted by atomic mass is 9.72. The molecule has 1 saturated carbocycles. The van der Waals surface area contributed by atoms with Gasteiger partial charge < -0.3 is 4.98 Å². The van der Waals surface area contributed by atoms with E-state index in [-0.39, 0.29) is 28.6 Å². The number of aromatic amines is 1. The minimum Gasteiger partial charge on any atom is -0.310 e. The summed E-state index contributed by atoms with van der Waals surface area (Å²) in [4.78, 5) is 32.7. The number of aromatic nitrogens is 7. The zero-order chi connectivity index (χ0) is 24.9. The van der Waals surface area contributed by atoms with Gasteiger partial charge in [-0.25, -0.2) is 19.6 Å². The number of pyridine rings is 1. The molecule has 4 heterocycles. The Bertz CT molecular complexity index is 1500. The van der Waals surface area contributed by atoms with Crippen molar-refractivity contribution in [2.45, 2.75) is 50.7 Å². The van der Waals surface area contributed by atoms with Gasteiger partial charge in [0.2, 0.25) is 0 Å². The van der Waals surface area contributed by atoms with E-state index in [9.17, 15) is 23.2 Å². The smallest absolute Gasteiger partial charge is 0.310 e. The molecule has 12 heteroatoms. The molecule has 1 aliphatic rings. The van der Waals surface area contributed by atoms with Crippen molar-refractivity contribution in [2.75, 3.05) is 0 Å². The molecule has 1 aliphatic carbocycles. The Hall–Kier alpha value is -4.14. The zero-order valence-corrected chi connectivity index (χ0v) is 18.7. The van der Waals surface area contributed by atoms with E-state index < -0.39 is 23.5 Å². The van der Waals surface area contributed by atoms with E-state index >= 15 is 0 Å². The molecule has 0 radical (unpaired) electrons. The number of nitrogens with zero attached hydrogens (tertiary/aromatic N) is 7. The minimum atomic E-state index is -4.56. The number of nitriles is 1. The molecule has 0 bridgehead atoms. The average Bonchev–Trinajstić information content (AvgIpc) is 3.18. The highest BCUT2D eigenvalue weighted by Crippen LogP contribution is 2.46. The quantitative estimate of drug-likeness (QED) is 0.471. The van der Waals surface area contributed by atoms with Crippen molar-refractivity contribution < 1.29 is 13.2 Å². The third kappa shape index (κ3) is 3.92. The first kappa shape index (κ1) is 22.6. The molecule has 4 aromatic rings. The normalized spacial score (nSPS) is 18.7. The van der Waals surface area contributed by atoms with E-state index in [0.717, 1.165) is 30.7 Å². The highest BCUT2D eigenvalue weighted by atomic mass is 19.4. The Labute approximate surface area is 196 Å². The van der Waals surface area contributed by atoms with E-state index in [1.54, 1.807) is 19.3 Å². The fraction of sp³-hybridized carbons (Fsp3) is 0.348. The molecule has 0 aromatic carbocycles. The highest BCUT2D eigenvalue weighted by molar-refractivity contribution is 5.80. The second-order valence-electron chi connectivity index (χ2n) is 8.61. The van der Waals surface area contributed by atoms with Crippen LogP contribution >= 0.6 is 0 Å². The van der Waals surface area contributed by atoms with Crippen LogP contribution in [0.25, 0.3) is 11.0 Å². The summed E-state index contributed by atoms with van der Waals surface area (Å²) >= 11 is 0. The van der Waals surface area contributed by atoms with Gasteiger partial charge in [-0.15, -0.1) is 0 Å². The van der Waals surface area contributed by atoms with Crippen LogP contribution in [0, 0.1) is 18.3 Å². The van der Waals surface area contributed by atoms with Gasteiger partial charge >= 0.3 is 6.18 Å². The van der Waals surface area contributed by atoms with Crippen molar-refractivity contribution in [3.05, 3.63) is 75.2 Å². The van der Waals surface area contributed by atoms with Crippen LogP contribution in [0.4, 0.5) is 13.2 Å². The first-order valence-electron chi connectivity index (χ1n) is 10.9. The number of hydrogen-bond donors (Lipinski definition) is 1. The maximum atomic E-state index is 13.0. The van der Waals surface area contributed by atoms with E-state index in [4.69, 9.17) is 0 Å². The van der Waals surface area contributed by atoms with Crippen molar-refractivity contribution >= 4 is 11.0 Å². The summed E-state index contributed by atoms with van der Waals surface area (Å²) in [5.74, 6) is 0.975. The molecule has 0 unspecified atom stereocenters. The molecule has 3 atom stereocenters. The fourth-order valence-electron chi connectivity index (χ4n) is 4.28. The number of rotatable bonds is 4. The van der Waals surface area contributed by atoms with Crippen LogP contribution in [0.15, 0.2) is 35.5 Å². The Kier molecular flexibility index (Phi) is 5.35. The number of alkyl halides is 3. The van der Waals surface area contributed by atoms with Crippen LogP contribution < -0.4 is 5.56 Å². The molecule has 0 saturated heterocycles. The summed E-state index contributed by atoms with van der Waals surface area (Å²) in [6, 6.07) is 3.46. The predicted molar refractivity (Wildman–Crippen MR) is 117 cm³/mol. The van der Waals surface area contributed by atoms with E-state index in [1.165, 1.54) is 10.7 Å². The fourth-order valence-corrected chi connectivity index (χ4v) is 4.28. The van der Waals surface area contributed by atoms with Crippen LogP contribution in [-0.4, -0.2) is 34.7 Å². The second kappa shape index (κ2) is 8.26. The van der Waals surface area contributed by atoms with Gasteiger partial charge in [-0.05, 0) is 43.9 Å². The molecule has 4 aromatic heterocycles. The molecular formula is C23H19F3N8O. The second-order valence-corrected chi connectivity index (χ2v) is 8.61. The molecule has 0 amide bonds. The predicted octanol–water partition coefficient (Wildman–Crippen LogP) is 3.77. The monoisotopic (exact) mass is 480 g/mol. The van der Waals surface area contributed by atoms with Crippen LogP contribution in [0.2, 0.25) is 0 Å². The number of halogens is 3. The lowest BCUT2D eigenvalue weighted by Gasteiger charge is -2.34. The van der Waals surface area contributed by atoms with Gasteiger partial charge in [0.25, 0.3) is 5.56 Å². The minimum absolute atomic E-state index is 0.0143. The number of hydrogen-bond acceptors (Lipinski definition) is 7. The van der Waals surface area contributed by atoms with Crippen molar-refractivity contribution in [1.82, 2.24) is 34.7 Å². The Morgan fingerprint density at radius 2 is 1.86 bits per heavy atom. The summed E-state index contributed by atoms with van der Waals surface area (Å²) in [5.41, 5.74) is -0.0757. The van der Waals surface area contributed by atoms with Gasteiger partial charge in [0.15, 0.2) is 11.3 Å². The Balaban J connectivity index is 1.56. The molecular weight excluding hydrogens is 461 g/mol. The summed E-state index contributed by atoms with van der Waals surface area (Å²) in [7, 11) is 0. The first-order chi connectivity index (χ1) is 16.7. The van der Waals surface area contributed by atoms with Crippen LogP contribution in [0.1, 0.15) is 71.8 Å². The summed E-state index contributed by atoms with van der Waals surface area (Å²) in [6.45, 7) is 3.59. The molecule has 1 N–H and O–H groups in total. The Morgan fingerprint density at radius 1 is 1.14 bits per heavy atom. The maximum Gasteiger partial charge on any atom is 0.433 e. The summed E-state index contributed by atoms with van der Waals surface area (Å²) < 4.78 is 40.1. The van der Waals surface area contributed by atoms with Gasteiger partial charge in [-0.2, -0.15) is 23.5 Å². The van der Waals surface area contributed by atoms with Crippen LogP contribution in [0.3, 0.4) is 0 Å². The molecule has 0 spiro atoms. The summed E-state index contributed by atoms with van der Waals surface area (Å²) in [5, 5.41) is 13.8. The number of H-pyrrole nitrogens is 1. The molecule has 0 aliphatic heterocycles. The molecule has 35 heavy (non-hydrogen) atoms. The Morgan fingerprint density at radius 3 is 2.43 bits per heavy atom. The van der Waals surface area contributed by atoms with Gasteiger partial charge in [0.1, 0.15) is 28.8 Å². The molecule has 9 nitrogen and oxygen atoms in total.